The van der Waals surface area contributed by atoms with Crippen LogP contribution in [0.4, 0.5) is 0 Å². The Morgan fingerprint density at radius 2 is 1.67 bits per heavy atom. The molecule has 3 rings (SSSR count). The average molecular weight is 522 g/mol. The van der Waals surface area contributed by atoms with Gasteiger partial charge in [-0.1, -0.05) is 61.5 Å². The zero-order chi connectivity index (χ0) is 20.3. The fourth-order valence-electron chi connectivity index (χ4n) is 3.73. The third-order valence-corrected chi connectivity index (χ3v) is 5.57. The number of morpholine rings is 1. The number of ether oxygens (including phenoxy) is 1. The number of hydrogen-bond donors (Lipinski definition) is 2. The first-order valence-corrected chi connectivity index (χ1v) is 10.7. The maximum absolute atomic E-state index is 5.47. The lowest BCUT2D eigenvalue weighted by molar-refractivity contribution is 0.0341. The second-order valence-electron chi connectivity index (χ2n) is 7.48. The van der Waals surface area contributed by atoms with E-state index >= 15 is 0 Å². The zero-order valence-corrected chi connectivity index (χ0v) is 20.5. The number of nitrogens with one attached hydrogen (secondary N) is 2. The van der Waals surface area contributed by atoms with E-state index in [1.165, 1.54) is 16.7 Å². The van der Waals surface area contributed by atoms with Crippen LogP contribution in [0.25, 0.3) is 0 Å². The molecule has 1 saturated heterocycles. The number of halogens is 1. The first-order chi connectivity index (χ1) is 14.3. The Hall–Kier alpha value is -1.64. The number of rotatable bonds is 8. The Balaban J connectivity index is 0.00000320. The van der Waals surface area contributed by atoms with Crippen molar-refractivity contribution in [2.75, 3.05) is 39.9 Å². The molecule has 1 aliphatic heterocycles. The molecule has 0 bridgehead atoms. The molecule has 0 spiro atoms. The van der Waals surface area contributed by atoms with Crippen LogP contribution in [0.5, 0.6) is 0 Å². The van der Waals surface area contributed by atoms with Gasteiger partial charge in [0.25, 0.3) is 0 Å². The molecule has 1 atom stereocenters. The lowest BCUT2D eigenvalue weighted by Gasteiger charge is -2.27. The highest BCUT2D eigenvalue weighted by atomic mass is 127. The molecule has 0 amide bonds. The normalized spacial score (nSPS) is 15.9. The van der Waals surface area contributed by atoms with Gasteiger partial charge in [-0.15, -0.1) is 24.0 Å². The molecule has 0 saturated carbocycles. The quantitative estimate of drug-likeness (QED) is 0.313. The van der Waals surface area contributed by atoms with Crippen LogP contribution in [-0.2, 0) is 17.8 Å². The lowest BCUT2D eigenvalue weighted by atomic mass is 9.97. The topological polar surface area (TPSA) is 48.9 Å². The number of aliphatic imine (C=N–C) groups is 1. The Morgan fingerprint density at radius 1 is 1.00 bits per heavy atom. The second kappa shape index (κ2) is 13.6. The summed E-state index contributed by atoms with van der Waals surface area (Å²) in [6.07, 6.45) is 1.09. The first-order valence-electron chi connectivity index (χ1n) is 10.7. The van der Waals surface area contributed by atoms with Crippen molar-refractivity contribution in [3.05, 3.63) is 71.3 Å². The van der Waals surface area contributed by atoms with Gasteiger partial charge < -0.3 is 15.4 Å². The third-order valence-electron chi connectivity index (χ3n) is 5.57. The summed E-state index contributed by atoms with van der Waals surface area (Å²) >= 11 is 0. The van der Waals surface area contributed by atoms with Crippen molar-refractivity contribution >= 4 is 29.9 Å². The second-order valence-corrected chi connectivity index (χ2v) is 7.48. The van der Waals surface area contributed by atoms with Gasteiger partial charge in [-0.2, -0.15) is 0 Å². The summed E-state index contributed by atoms with van der Waals surface area (Å²) in [5, 5.41) is 6.99. The predicted octanol–water partition coefficient (Wildman–Crippen LogP) is 4.00. The van der Waals surface area contributed by atoms with Gasteiger partial charge in [-0.25, -0.2) is 0 Å². The SMILES string of the molecule is CCC(CNC(=NC)NCc1ccccc1CN1CCOCC1)c1ccccc1.I. The number of benzene rings is 2. The van der Waals surface area contributed by atoms with E-state index in [9.17, 15) is 0 Å². The molecule has 1 aliphatic rings. The molecule has 164 valence electrons. The summed E-state index contributed by atoms with van der Waals surface area (Å²) in [6.45, 7) is 8.51. The minimum absolute atomic E-state index is 0. The van der Waals surface area contributed by atoms with E-state index in [2.05, 4.69) is 82.0 Å². The largest absolute Gasteiger partial charge is 0.379 e. The fourth-order valence-corrected chi connectivity index (χ4v) is 3.73. The molecule has 1 unspecified atom stereocenters. The summed E-state index contributed by atoms with van der Waals surface area (Å²) in [6, 6.07) is 19.4. The van der Waals surface area contributed by atoms with E-state index in [1.54, 1.807) is 0 Å². The van der Waals surface area contributed by atoms with Crippen molar-refractivity contribution < 1.29 is 4.74 Å². The van der Waals surface area contributed by atoms with Gasteiger partial charge in [0.1, 0.15) is 0 Å². The summed E-state index contributed by atoms with van der Waals surface area (Å²) < 4.78 is 5.47. The van der Waals surface area contributed by atoms with Crippen LogP contribution >= 0.6 is 24.0 Å². The van der Waals surface area contributed by atoms with Crippen LogP contribution in [0, 0.1) is 0 Å². The molecule has 1 heterocycles. The predicted molar refractivity (Wildman–Crippen MR) is 136 cm³/mol. The highest BCUT2D eigenvalue weighted by molar-refractivity contribution is 14.0. The van der Waals surface area contributed by atoms with Crippen molar-refractivity contribution in [1.29, 1.82) is 0 Å². The third kappa shape index (κ3) is 7.56. The molecule has 5 nitrogen and oxygen atoms in total. The average Bonchev–Trinajstić information content (AvgIpc) is 2.78. The molecule has 2 aromatic carbocycles. The van der Waals surface area contributed by atoms with E-state index in [1.807, 2.05) is 7.05 Å². The number of nitrogens with zero attached hydrogens (tertiary/aromatic N) is 2. The Kier molecular flexibility index (Phi) is 11.2. The molecule has 2 N–H and O–H groups in total. The summed E-state index contributed by atoms with van der Waals surface area (Å²) in [4.78, 5) is 6.88. The summed E-state index contributed by atoms with van der Waals surface area (Å²) in [5.41, 5.74) is 4.05. The molecule has 0 radical (unpaired) electrons. The molecule has 2 aromatic rings. The van der Waals surface area contributed by atoms with Crippen LogP contribution in [-0.4, -0.2) is 50.8 Å². The minimum atomic E-state index is 0. The Morgan fingerprint density at radius 3 is 2.33 bits per heavy atom. The van der Waals surface area contributed by atoms with Crippen molar-refractivity contribution in [3.63, 3.8) is 0 Å². The molecule has 6 heteroatoms. The molecular formula is C24H35IN4O. The van der Waals surface area contributed by atoms with Gasteiger partial charge in [-0.05, 0) is 23.1 Å². The van der Waals surface area contributed by atoms with E-state index in [4.69, 9.17) is 4.74 Å². The van der Waals surface area contributed by atoms with Crippen molar-refractivity contribution in [3.8, 4) is 0 Å². The maximum Gasteiger partial charge on any atom is 0.191 e. The van der Waals surface area contributed by atoms with Crippen molar-refractivity contribution in [2.45, 2.75) is 32.4 Å². The molecule has 1 fully saturated rings. The Labute approximate surface area is 198 Å². The summed E-state index contributed by atoms with van der Waals surface area (Å²) in [7, 11) is 1.83. The van der Waals surface area contributed by atoms with Gasteiger partial charge in [-0.3, -0.25) is 9.89 Å². The van der Waals surface area contributed by atoms with E-state index < -0.39 is 0 Å². The first kappa shape index (κ1) is 24.6. The van der Waals surface area contributed by atoms with Gasteiger partial charge in [0.2, 0.25) is 0 Å². The van der Waals surface area contributed by atoms with Crippen molar-refractivity contribution in [1.82, 2.24) is 15.5 Å². The monoisotopic (exact) mass is 522 g/mol. The molecule has 0 aliphatic carbocycles. The molecular weight excluding hydrogens is 487 g/mol. The van der Waals surface area contributed by atoms with Crippen LogP contribution in [0.2, 0.25) is 0 Å². The smallest absolute Gasteiger partial charge is 0.191 e. The van der Waals surface area contributed by atoms with Gasteiger partial charge in [0.15, 0.2) is 5.96 Å². The number of hydrogen-bond acceptors (Lipinski definition) is 3. The standard InChI is InChI=1S/C24H34N4O.HI/c1-3-20(21-9-5-4-6-10-21)17-26-24(25-2)27-18-22-11-7-8-12-23(22)19-28-13-15-29-16-14-28;/h4-12,20H,3,13-19H2,1-2H3,(H2,25,26,27);1H. The summed E-state index contributed by atoms with van der Waals surface area (Å²) in [5.74, 6) is 1.32. The van der Waals surface area contributed by atoms with Crippen LogP contribution in [0.3, 0.4) is 0 Å². The minimum Gasteiger partial charge on any atom is -0.379 e. The van der Waals surface area contributed by atoms with Gasteiger partial charge in [0, 0.05) is 45.7 Å². The van der Waals surface area contributed by atoms with E-state index in [-0.39, 0.29) is 24.0 Å². The number of guanidine groups is 1. The van der Waals surface area contributed by atoms with Crippen LogP contribution in [0.1, 0.15) is 36.0 Å². The van der Waals surface area contributed by atoms with Gasteiger partial charge >= 0.3 is 0 Å². The molecule has 30 heavy (non-hydrogen) atoms. The van der Waals surface area contributed by atoms with E-state index in [0.29, 0.717) is 5.92 Å². The van der Waals surface area contributed by atoms with Crippen LogP contribution < -0.4 is 10.6 Å². The Bertz CT molecular complexity index is 763. The highest BCUT2D eigenvalue weighted by Gasteiger charge is 2.13. The van der Waals surface area contributed by atoms with Crippen LogP contribution in [0.15, 0.2) is 59.6 Å². The van der Waals surface area contributed by atoms with Crippen molar-refractivity contribution in [2.24, 2.45) is 4.99 Å². The zero-order valence-electron chi connectivity index (χ0n) is 18.1. The highest BCUT2D eigenvalue weighted by Crippen LogP contribution is 2.18. The van der Waals surface area contributed by atoms with E-state index in [0.717, 1.165) is 58.3 Å². The fraction of sp³-hybridized carbons (Fsp3) is 0.458. The molecule has 0 aromatic heterocycles. The maximum atomic E-state index is 5.47. The van der Waals surface area contributed by atoms with Gasteiger partial charge in [0.05, 0.1) is 13.2 Å². The lowest BCUT2D eigenvalue weighted by Crippen LogP contribution is -2.39.